The molecule has 0 aliphatic rings. The van der Waals surface area contributed by atoms with Gasteiger partial charge in [-0.1, -0.05) is 74.9 Å². The first-order valence-electron chi connectivity index (χ1n) is 10.4. The van der Waals surface area contributed by atoms with E-state index >= 15 is 0 Å². The van der Waals surface area contributed by atoms with Gasteiger partial charge in [0.15, 0.2) is 11.6 Å². The third-order valence-corrected chi connectivity index (χ3v) is 4.97. The number of hydrogen-bond donors (Lipinski definition) is 0. The van der Waals surface area contributed by atoms with Crippen LogP contribution in [0.15, 0.2) is 60.7 Å². The van der Waals surface area contributed by atoms with Crippen molar-refractivity contribution in [3.8, 4) is 28.7 Å². The van der Waals surface area contributed by atoms with E-state index in [9.17, 15) is 8.78 Å². The molecule has 0 aromatic heterocycles. The fourth-order valence-electron chi connectivity index (χ4n) is 3.09. The molecule has 0 fully saturated rings. The van der Waals surface area contributed by atoms with Gasteiger partial charge in [-0.15, -0.1) is 0 Å². The number of halogens is 2. The highest BCUT2D eigenvalue weighted by Gasteiger charge is 2.13. The highest BCUT2D eigenvalue weighted by atomic mass is 19.2. The molecule has 0 aliphatic carbocycles. The highest BCUT2D eigenvalue weighted by Crippen LogP contribution is 2.23. The Balaban J connectivity index is 1.71. The highest BCUT2D eigenvalue weighted by molar-refractivity contribution is 5.64. The maximum Gasteiger partial charge on any atom is 0.201 e. The Hall–Kier alpha value is -3.12. The lowest BCUT2D eigenvalue weighted by molar-refractivity contribution is 0.286. The van der Waals surface area contributed by atoms with Crippen LogP contribution in [0.2, 0.25) is 0 Å². The lowest BCUT2D eigenvalue weighted by Gasteiger charge is -2.08. The molecule has 0 saturated heterocycles. The molecule has 0 saturated carbocycles. The number of rotatable bonds is 7. The van der Waals surface area contributed by atoms with Crippen molar-refractivity contribution in [3.63, 3.8) is 0 Å². The van der Waals surface area contributed by atoms with Crippen molar-refractivity contribution in [2.75, 3.05) is 6.61 Å². The van der Waals surface area contributed by atoms with Crippen LogP contribution in [0.4, 0.5) is 8.78 Å². The third-order valence-electron chi connectivity index (χ3n) is 4.97. The van der Waals surface area contributed by atoms with Crippen LogP contribution in [-0.4, -0.2) is 6.61 Å². The van der Waals surface area contributed by atoms with E-state index < -0.39 is 11.6 Å². The zero-order valence-electron chi connectivity index (χ0n) is 17.5. The fraction of sp³-hybridized carbons (Fsp3) is 0.259. The molecule has 0 bridgehead atoms. The summed E-state index contributed by atoms with van der Waals surface area (Å²) in [5.74, 6) is 3.62. The van der Waals surface area contributed by atoms with Crippen LogP contribution in [0.5, 0.6) is 5.75 Å². The van der Waals surface area contributed by atoms with Gasteiger partial charge in [0, 0.05) is 5.56 Å². The van der Waals surface area contributed by atoms with Crippen LogP contribution in [0, 0.1) is 23.5 Å². The van der Waals surface area contributed by atoms with E-state index in [2.05, 4.69) is 50.0 Å². The topological polar surface area (TPSA) is 9.23 Å². The number of hydrogen-bond acceptors (Lipinski definition) is 1. The Morgan fingerprint density at radius 2 is 1.40 bits per heavy atom. The average Bonchev–Trinajstić information content (AvgIpc) is 2.79. The van der Waals surface area contributed by atoms with Crippen LogP contribution < -0.4 is 4.74 Å². The molecule has 3 heteroatoms. The summed E-state index contributed by atoms with van der Waals surface area (Å²) in [5, 5.41) is 0. The van der Waals surface area contributed by atoms with Gasteiger partial charge in [0.25, 0.3) is 0 Å². The molecule has 0 radical (unpaired) electrons. The lowest BCUT2D eigenvalue weighted by atomic mass is 10.0. The largest absolute Gasteiger partial charge is 0.490 e. The summed E-state index contributed by atoms with van der Waals surface area (Å²) >= 11 is 0. The SMILES string of the molecule is CCCCCOc1ccc(C#Cc2ccc(-c3ccc(CC)cc3)cc2)c(F)c1F. The van der Waals surface area contributed by atoms with Crippen LogP contribution in [0.25, 0.3) is 11.1 Å². The number of unbranched alkanes of at least 4 members (excludes halogenated alkanes) is 2. The first kappa shape index (κ1) is 21.6. The van der Waals surface area contributed by atoms with E-state index in [0.717, 1.165) is 42.4 Å². The fourth-order valence-corrected chi connectivity index (χ4v) is 3.09. The summed E-state index contributed by atoms with van der Waals surface area (Å²) in [6, 6.07) is 19.1. The van der Waals surface area contributed by atoms with Crippen molar-refractivity contribution < 1.29 is 13.5 Å². The zero-order chi connectivity index (χ0) is 21.3. The van der Waals surface area contributed by atoms with E-state index in [1.54, 1.807) is 0 Å². The minimum absolute atomic E-state index is 0.0210. The van der Waals surface area contributed by atoms with Crippen molar-refractivity contribution in [2.24, 2.45) is 0 Å². The van der Waals surface area contributed by atoms with Crippen molar-refractivity contribution in [1.29, 1.82) is 0 Å². The van der Waals surface area contributed by atoms with Crippen molar-refractivity contribution in [2.45, 2.75) is 39.5 Å². The molecule has 1 nitrogen and oxygen atoms in total. The molecule has 0 unspecified atom stereocenters. The summed E-state index contributed by atoms with van der Waals surface area (Å²) in [5.41, 5.74) is 4.28. The summed E-state index contributed by atoms with van der Waals surface area (Å²) in [6.45, 7) is 4.58. The van der Waals surface area contributed by atoms with Gasteiger partial charge in [-0.05, 0) is 53.8 Å². The lowest BCUT2D eigenvalue weighted by Crippen LogP contribution is -2.01. The van der Waals surface area contributed by atoms with Gasteiger partial charge in [-0.25, -0.2) is 4.39 Å². The molecule has 154 valence electrons. The third kappa shape index (κ3) is 5.48. The quantitative estimate of drug-likeness (QED) is 0.300. The molecule has 0 atom stereocenters. The maximum atomic E-state index is 14.3. The smallest absolute Gasteiger partial charge is 0.201 e. The van der Waals surface area contributed by atoms with Gasteiger partial charge in [0.2, 0.25) is 5.82 Å². The van der Waals surface area contributed by atoms with Gasteiger partial charge in [-0.3, -0.25) is 0 Å². The molecule has 30 heavy (non-hydrogen) atoms. The maximum absolute atomic E-state index is 14.3. The van der Waals surface area contributed by atoms with Gasteiger partial charge in [-0.2, -0.15) is 4.39 Å². The van der Waals surface area contributed by atoms with Gasteiger partial charge < -0.3 is 4.74 Å². The van der Waals surface area contributed by atoms with Crippen molar-refractivity contribution in [3.05, 3.63) is 89.0 Å². The Bertz CT molecular complexity index is 1030. The van der Waals surface area contributed by atoms with E-state index in [4.69, 9.17) is 4.74 Å². The average molecular weight is 405 g/mol. The summed E-state index contributed by atoms with van der Waals surface area (Å²) in [6.07, 6.45) is 3.87. The number of aryl methyl sites for hydroxylation is 1. The number of benzene rings is 3. The van der Waals surface area contributed by atoms with Crippen LogP contribution in [-0.2, 0) is 6.42 Å². The molecule has 0 N–H and O–H groups in total. The molecule has 0 amide bonds. The Morgan fingerprint density at radius 1 is 0.733 bits per heavy atom. The summed E-state index contributed by atoms with van der Waals surface area (Å²) in [7, 11) is 0. The molecule has 0 spiro atoms. The van der Waals surface area contributed by atoms with E-state index in [1.165, 1.54) is 17.7 Å². The molecule has 0 heterocycles. The first-order valence-corrected chi connectivity index (χ1v) is 10.4. The summed E-state index contributed by atoms with van der Waals surface area (Å²) < 4.78 is 33.9. The second kappa shape index (κ2) is 10.6. The molecular weight excluding hydrogens is 378 g/mol. The summed E-state index contributed by atoms with van der Waals surface area (Å²) in [4.78, 5) is 0. The molecule has 0 aliphatic heterocycles. The van der Waals surface area contributed by atoms with Crippen LogP contribution in [0.1, 0.15) is 49.8 Å². The van der Waals surface area contributed by atoms with Crippen LogP contribution in [0.3, 0.4) is 0 Å². The van der Waals surface area contributed by atoms with Gasteiger partial charge >= 0.3 is 0 Å². The molecule has 3 aromatic rings. The van der Waals surface area contributed by atoms with Crippen molar-refractivity contribution in [1.82, 2.24) is 0 Å². The van der Waals surface area contributed by atoms with Crippen molar-refractivity contribution >= 4 is 0 Å². The molecular formula is C27H26F2O. The Kier molecular flexibility index (Phi) is 7.63. The Labute approximate surface area is 177 Å². The predicted octanol–water partition coefficient (Wildman–Crippen LogP) is 7.16. The van der Waals surface area contributed by atoms with E-state index in [-0.39, 0.29) is 11.3 Å². The second-order valence-electron chi connectivity index (χ2n) is 7.17. The van der Waals surface area contributed by atoms with Crippen LogP contribution >= 0.6 is 0 Å². The zero-order valence-corrected chi connectivity index (χ0v) is 17.5. The second-order valence-corrected chi connectivity index (χ2v) is 7.17. The van der Waals surface area contributed by atoms with Gasteiger partial charge in [0.05, 0.1) is 12.2 Å². The van der Waals surface area contributed by atoms with E-state index in [1.807, 2.05) is 24.3 Å². The monoisotopic (exact) mass is 404 g/mol. The molecule has 3 aromatic carbocycles. The normalized spacial score (nSPS) is 10.4. The standard InChI is InChI=1S/C27H26F2O/c1-3-5-6-19-30-25-18-17-24(26(28)27(25)29)16-11-21-9-14-23(15-10-21)22-12-7-20(4-2)8-13-22/h7-10,12-15,17-18H,3-6,19H2,1-2H3. The first-order chi connectivity index (χ1) is 14.6. The van der Waals surface area contributed by atoms with E-state index in [0.29, 0.717) is 6.61 Å². The number of ether oxygens (including phenoxy) is 1. The minimum atomic E-state index is -0.982. The van der Waals surface area contributed by atoms with Gasteiger partial charge in [0.1, 0.15) is 0 Å². The predicted molar refractivity (Wildman–Crippen MR) is 119 cm³/mol. The Morgan fingerprint density at radius 3 is 2.03 bits per heavy atom. The molecule has 3 rings (SSSR count). The minimum Gasteiger partial charge on any atom is -0.490 e.